The average Bonchev–Trinajstić information content (AvgIpc) is 3.01. The fourth-order valence-electron chi connectivity index (χ4n) is 1.89. The van der Waals surface area contributed by atoms with Crippen molar-refractivity contribution in [1.82, 2.24) is 0 Å². The highest BCUT2D eigenvalue weighted by atomic mass is 79.9. The minimum Gasteiger partial charge on any atom is -0.383 e. The second kappa shape index (κ2) is 4.88. The Balaban J connectivity index is 1.98. The lowest BCUT2D eigenvalue weighted by Crippen LogP contribution is -2.15. The molecule has 0 amide bonds. The number of benzene rings is 1. The van der Waals surface area contributed by atoms with Crippen LogP contribution in [0.25, 0.3) is 0 Å². The van der Waals surface area contributed by atoms with E-state index < -0.39 is 0 Å². The van der Waals surface area contributed by atoms with Gasteiger partial charge in [0.15, 0.2) is 0 Å². The Labute approximate surface area is 105 Å². The van der Waals surface area contributed by atoms with Gasteiger partial charge in [0.05, 0.1) is 5.56 Å². The van der Waals surface area contributed by atoms with E-state index in [0.717, 1.165) is 16.1 Å². The number of halogens is 1. The summed E-state index contributed by atoms with van der Waals surface area (Å²) in [7, 11) is 0. The summed E-state index contributed by atoms with van der Waals surface area (Å²) in [6.45, 7) is 2.21. The monoisotopic (exact) mass is 278 g/mol. The molecule has 1 atom stereocenters. The molecule has 1 aliphatic rings. The van der Waals surface area contributed by atoms with Crippen molar-refractivity contribution in [1.29, 1.82) is 5.26 Å². The van der Waals surface area contributed by atoms with E-state index in [0.29, 0.717) is 11.6 Å². The number of hydrogen-bond acceptors (Lipinski definition) is 2. The van der Waals surface area contributed by atoms with Crippen LogP contribution in [-0.2, 0) is 0 Å². The first kappa shape index (κ1) is 11.5. The molecule has 1 aromatic rings. The molecule has 1 saturated carbocycles. The van der Waals surface area contributed by atoms with Crippen molar-refractivity contribution in [3.63, 3.8) is 0 Å². The van der Waals surface area contributed by atoms with Gasteiger partial charge < -0.3 is 5.32 Å². The van der Waals surface area contributed by atoms with Gasteiger partial charge in [-0.3, -0.25) is 0 Å². The van der Waals surface area contributed by atoms with Crippen molar-refractivity contribution >= 4 is 21.6 Å². The lowest BCUT2D eigenvalue weighted by molar-refractivity contribution is 0.642. The number of rotatable bonds is 4. The van der Waals surface area contributed by atoms with Crippen LogP contribution in [0.3, 0.4) is 0 Å². The van der Waals surface area contributed by atoms with Crippen LogP contribution in [0.4, 0.5) is 5.69 Å². The second-order valence-electron chi connectivity index (χ2n) is 4.53. The largest absolute Gasteiger partial charge is 0.383 e. The van der Waals surface area contributed by atoms with Gasteiger partial charge >= 0.3 is 0 Å². The quantitative estimate of drug-likeness (QED) is 0.906. The Hall–Kier alpha value is -1.01. The van der Waals surface area contributed by atoms with E-state index in [2.05, 4.69) is 34.2 Å². The molecule has 2 nitrogen and oxygen atoms in total. The molecule has 0 aromatic heterocycles. The summed E-state index contributed by atoms with van der Waals surface area (Å²) in [5, 5.41) is 12.3. The molecule has 16 heavy (non-hydrogen) atoms. The predicted molar refractivity (Wildman–Crippen MR) is 69.3 cm³/mol. The maximum absolute atomic E-state index is 8.82. The molecule has 0 spiro atoms. The molecule has 1 N–H and O–H groups in total. The topological polar surface area (TPSA) is 35.8 Å². The molecular formula is C13H15BrN2. The molecule has 0 aliphatic heterocycles. The third kappa shape index (κ3) is 2.99. The van der Waals surface area contributed by atoms with Crippen LogP contribution in [0.1, 0.15) is 31.7 Å². The van der Waals surface area contributed by atoms with E-state index >= 15 is 0 Å². The summed E-state index contributed by atoms with van der Waals surface area (Å²) in [4.78, 5) is 0. The number of hydrogen-bond donors (Lipinski definition) is 1. The Bertz CT molecular complexity index is 418. The summed E-state index contributed by atoms with van der Waals surface area (Å²) >= 11 is 3.40. The first-order valence-corrected chi connectivity index (χ1v) is 6.44. The summed E-state index contributed by atoms with van der Waals surface area (Å²) in [6.07, 6.45) is 4.03. The normalized spacial score (nSPS) is 16.6. The molecule has 1 unspecified atom stereocenters. The zero-order valence-corrected chi connectivity index (χ0v) is 10.9. The summed E-state index contributed by atoms with van der Waals surface area (Å²) < 4.78 is 0.860. The van der Waals surface area contributed by atoms with Crippen molar-refractivity contribution < 1.29 is 0 Å². The van der Waals surface area contributed by atoms with Crippen LogP contribution in [0, 0.1) is 17.2 Å². The molecule has 0 bridgehead atoms. The summed E-state index contributed by atoms with van der Waals surface area (Å²) in [6, 6.07) is 8.43. The zero-order valence-electron chi connectivity index (χ0n) is 9.33. The van der Waals surface area contributed by atoms with Crippen LogP contribution >= 0.6 is 15.9 Å². The van der Waals surface area contributed by atoms with E-state index in [1.165, 1.54) is 19.3 Å². The highest BCUT2D eigenvalue weighted by Gasteiger charge is 2.23. The first-order chi connectivity index (χ1) is 7.69. The number of anilines is 1. The van der Waals surface area contributed by atoms with Gasteiger partial charge in [0.25, 0.3) is 0 Å². The average molecular weight is 279 g/mol. The van der Waals surface area contributed by atoms with Crippen molar-refractivity contribution in [3.05, 3.63) is 28.2 Å². The first-order valence-electron chi connectivity index (χ1n) is 5.65. The highest BCUT2D eigenvalue weighted by Crippen LogP contribution is 2.34. The van der Waals surface area contributed by atoms with E-state index in [9.17, 15) is 0 Å². The van der Waals surface area contributed by atoms with Gasteiger partial charge in [-0.25, -0.2) is 0 Å². The molecular weight excluding hydrogens is 264 g/mol. The molecule has 1 aromatic carbocycles. The van der Waals surface area contributed by atoms with E-state index in [1.807, 2.05) is 18.2 Å². The fourth-order valence-corrected chi connectivity index (χ4v) is 2.36. The van der Waals surface area contributed by atoms with Gasteiger partial charge in [0.1, 0.15) is 6.07 Å². The van der Waals surface area contributed by atoms with Crippen LogP contribution < -0.4 is 5.32 Å². The van der Waals surface area contributed by atoms with Gasteiger partial charge in [-0.1, -0.05) is 12.8 Å². The smallest absolute Gasteiger partial charge is 0.100 e. The highest BCUT2D eigenvalue weighted by molar-refractivity contribution is 9.10. The van der Waals surface area contributed by atoms with E-state index in [-0.39, 0.29) is 0 Å². The lowest BCUT2D eigenvalue weighted by Gasteiger charge is -2.15. The Morgan fingerprint density at radius 2 is 2.31 bits per heavy atom. The van der Waals surface area contributed by atoms with E-state index in [1.54, 1.807) is 0 Å². The van der Waals surface area contributed by atoms with Gasteiger partial charge in [-0.15, -0.1) is 0 Å². The summed E-state index contributed by atoms with van der Waals surface area (Å²) in [5.74, 6) is 0.935. The Morgan fingerprint density at radius 3 is 2.88 bits per heavy atom. The lowest BCUT2D eigenvalue weighted by atomic mass is 10.1. The van der Waals surface area contributed by atoms with Gasteiger partial charge in [-0.2, -0.15) is 5.26 Å². The van der Waals surface area contributed by atoms with Crippen LogP contribution in [0.2, 0.25) is 0 Å². The third-order valence-corrected chi connectivity index (χ3v) is 3.54. The molecule has 3 heteroatoms. The summed E-state index contributed by atoms with van der Waals surface area (Å²) in [5.41, 5.74) is 1.76. The molecule has 0 heterocycles. The van der Waals surface area contributed by atoms with Crippen LogP contribution in [0.5, 0.6) is 0 Å². The van der Waals surface area contributed by atoms with Crippen LogP contribution in [0.15, 0.2) is 22.7 Å². The number of nitrogens with one attached hydrogen (secondary N) is 1. The molecule has 1 aliphatic carbocycles. The van der Waals surface area contributed by atoms with Crippen LogP contribution in [-0.4, -0.2) is 6.04 Å². The molecule has 0 saturated heterocycles. The minimum absolute atomic E-state index is 0.507. The van der Waals surface area contributed by atoms with Gasteiger partial charge in [0, 0.05) is 16.2 Å². The Morgan fingerprint density at radius 1 is 1.56 bits per heavy atom. The van der Waals surface area contributed by atoms with E-state index in [4.69, 9.17) is 5.26 Å². The maximum Gasteiger partial charge on any atom is 0.100 e. The van der Waals surface area contributed by atoms with Gasteiger partial charge in [-0.05, 0) is 53.4 Å². The molecule has 0 radical (unpaired) electrons. The maximum atomic E-state index is 8.82. The standard InChI is InChI=1S/C13H15BrN2/c1-9(6-10-2-3-10)16-12-5-4-11(8-15)13(14)7-12/h4-5,7,9-10,16H,2-3,6H2,1H3. The van der Waals surface area contributed by atoms with Crippen molar-refractivity contribution in [2.24, 2.45) is 5.92 Å². The molecule has 2 rings (SSSR count). The molecule has 84 valence electrons. The Kier molecular flexibility index (Phi) is 3.50. The predicted octanol–water partition coefficient (Wildman–Crippen LogP) is 3.92. The zero-order chi connectivity index (χ0) is 11.5. The third-order valence-electron chi connectivity index (χ3n) is 2.89. The SMILES string of the molecule is CC(CC1CC1)Nc1ccc(C#N)c(Br)c1. The molecule has 1 fully saturated rings. The minimum atomic E-state index is 0.507. The van der Waals surface area contributed by atoms with Crippen molar-refractivity contribution in [2.75, 3.05) is 5.32 Å². The second-order valence-corrected chi connectivity index (χ2v) is 5.39. The van der Waals surface area contributed by atoms with Crippen molar-refractivity contribution in [3.8, 4) is 6.07 Å². The van der Waals surface area contributed by atoms with Crippen molar-refractivity contribution in [2.45, 2.75) is 32.2 Å². The fraction of sp³-hybridized carbons (Fsp3) is 0.462. The number of nitrogens with zero attached hydrogens (tertiary/aromatic N) is 1. The van der Waals surface area contributed by atoms with Gasteiger partial charge in [0.2, 0.25) is 0 Å². The number of nitriles is 1.